The van der Waals surface area contributed by atoms with Crippen LogP contribution in [0.15, 0.2) is 30.9 Å². The first kappa shape index (κ1) is 17.9. The normalized spacial score (nSPS) is 20.0. The lowest BCUT2D eigenvalue weighted by molar-refractivity contribution is -0.135. The van der Waals surface area contributed by atoms with Gasteiger partial charge in [-0.1, -0.05) is 6.08 Å². The van der Waals surface area contributed by atoms with Crippen LogP contribution >= 0.6 is 0 Å². The van der Waals surface area contributed by atoms with Gasteiger partial charge >= 0.3 is 0 Å². The van der Waals surface area contributed by atoms with E-state index in [1.165, 1.54) is 6.42 Å². The number of rotatable bonds is 5. The molecule has 0 bridgehead atoms. The second-order valence-electron chi connectivity index (χ2n) is 6.81. The lowest BCUT2D eigenvalue weighted by Crippen LogP contribution is -2.53. The molecule has 2 heterocycles. The molecule has 1 spiro atoms. The van der Waals surface area contributed by atoms with Crippen LogP contribution in [-0.2, 0) is 4.79 Å². The molecule has 0 atom stereocenters. The summed E-state index contributed by atoms with van der Waals surface area (Å²) in [5, 5.41) is 0. The molecule has 2 fully saturated rings. The number of piperidine rings is 1. The molecule has 0 aliphatic carbocycles. The molecule has 1 aromatic carbocycles. The van der Waals surface area contributed by atoms with Crippen LogP contribution in [0, 0.1) is 11.6 Å². The molecule has 1 aromatic rings. The Hall–Kier alpha value is -1.95. The van der Waals surface area contributed by atoms with Gasteiger partial charge in [-0.05, 0) is 44.4 Å². The molecule has 3 rings (SSSR count). The topological polar surface area (TPSA) is 32.8 Å². The highest BCUT2D eigenvalue weighted by atomic mass is 19.1. The van der Waals surface area contributed by atoms with Crippen molar-refractivity contribution in [2.45, 2.75) is 31.2 Å². The highest BCUT2D eigenvalue weighted by molar-refractivity contribution is 5.77. The number of hydrogen-bond acceptors (Lipinski definition) is 3. The van der Waals surface area contributed by atoms with Crippen molar-refractivity contribution in [3.05, 3.63) is 42.5 Å². The summed E-state index contributed by atoms with van der Waals surface area (Å²) >= 11 is 0. The van der Waals surface area contributed by atoms with E-state index >= 15 is 0 Å². The number of carbonyl (C=O) groups is 1. The Morgan fingerprint density at radius 3 is 2.72 bits per heavy atom. The summed E-state index contributed by atoms with van der Waals surface area (Å²) in [5.74, 6) is -1.67. The Morgan fingerprint density at radius 1 is 1.24 bits per heavy atom. The van der Waals surface area contributed by atoms with Gasteiger partial charge in [0.1, 0.15) is 5.82 Å². The summed E-state index contributed by atoms with van der Waals surface area (Å²) in [6.07, 6.45) is 6.14. The van der Waals surface area contributed by atoms with Crippen LogP contribution in [0.1, 0.15) is 25.7 Å². The van der Waals surface area contributed by atoms with Crippen LogP contribution in [0.2, 0.25) is 0 Å². The molecule has 1 amide bonds. The predicted molar refractivity (Wildman–Crippen MR) is 91.4 cm³/mol. The summed E-state index contributed by atoms with van der Waals surface area (Å²) in [4.78, 5) is 16.6. The largest absolute Gasteiger partial charge is 0.481 e. The quantitative estimate of drug-likeness (QED) is 0.766. The van der Waals surface area contributed by atoms with Crippen LogP contribution in [0.5, 0.6) is 5.75 Å². The van der Waals surface area contributed by atoms with E-state index in [1.807, 2.05) is 6.08 Å². The molecule has 25 heavy (non-hydrogen) atoms. The Labute approximate surface area is 147 Å². The third-order valence-corrected chi connectivity index (χ3v) is 5.38. The Kier molecular flexibility index (Phi) is 5.37. The summed E-state index contributed by atoms with van der Waals surface area (Å²) in [5.41, 5.74) is 0.181. The molecule has 2 aliphatic rings. The molecule has 4 nitrogen and oxygen atoms in total. The first-order valence-electron chi connectivity index (χ1n) is 8.76. The molecule has 2 aliphatic heterocycles. The van der Waals surface area contributed by atoms with E-state index in [-0.39, 0.29) is 23.8 Å². The smallest absolute Gasteiger partial charge is 0.260 e. The average molecular weight is 350 g/mol. The van der Waals surface area contributed by atoms with E-state index in [1.54, 1.807) is 4.90 Å². The highest BCUT2D eigenvalue weighted by Gasteiger charge is 2.43. The summed E-state index contributed by atoms with van der Waals surface area (Å²) in [6.45, 7) is 6.86. The van der Waals surface area contributed by atoms with Crippen molar-refractivity contribution >= 4 is 5.91 Å². The van der Waals surface area contributed by atoms with E-state index in [9.17, 15) is 13.6 Å². The maximum absolute atomic E-state index is 13.5. The fraction of sp³-hybridized carbons (Fsp3) is 0.526. The minimum atomic E-state index is -0.669. The van der Waals surface area contributed by atoms with E-state index in [4.69, 9.17) is 4.74 Å². The van der Waals surface area contributed by atoms with E-state index in [0.717, 1.165) is 50.6 Å². The molecule has 0 radical (unpaired) electrons. The number of benzene rings is 1. The maximum Gasteiger partial charge on any atom is 0.260 e. The first-order chi connectivity index (χ1) is 12.0. The predicted octanol–water partition coefficient (Wildman–Crippen LogP) is 2.99. The zero-order chi connectivity index (χ0) is 17.9. The van der Waals surface area contributed by atoms with Gasteiger partial charge in [0.15, 0.2) is 18.2 Å². The fourth-order valence-electron chi connectivity index (χ4n) is 3.99. The number of likely N-dealkylation sites (tertiary alicyclic amines) is 2. The third kappa shape index (κ3) is 3.84. The minimum Gasteiger partial charge on any atom is -0.481 e. The number of amides is 1. The van der Waals surface area contributed by atoms with Crippen LogP contribution in [0.25, 0.3) is 0 Å². The number of ether oxygens (including phenoxy) is 1. The maximum atomic E-state index is 13.5. The van der Waals surface area contributed by atoms with Crippen LogP contribution in [0.4, 0.5) is 8.78 Å². The van der Waals surface area contributed by atoms with Crippen LogP contribution in [0.3, 0.4) is 0 Å². The van der Waals surface area contributed by atoms with E-state index in [0.29, 0.717) is 13.1 Å². The van der Waals surface area contributed by atoms with Crippen LogP contribution in [-0.4, -0.2) is 54.0 Å². The minimum absolute atomic E-state index is 0.181. The van der Waals surface area contributed by atoms with Crippen molar-refractivity contribution in [3.63, 3.8) is 0 Å². The standard InChI is InChI=1S/C19H24F2N2O2/c1-2-9-23-10-3-6-19(23)7-11-22(12-8-19)18(24)14-25-17-13-15(20)4-5-16(17)21/h2,4-5,13H,1,3,6-12,14H2. The van der Waals surface area contributed by atoms with Gasteiger partial charge in [0.05, 0.1) is 0 Å². The second-order valence-corrected chi connectivity index (χ2v) is 6.81. The molecule has 0 unspecified atom stereocenters. The summed E-state index contributed by atoms with van der Waals surface area (Å²) < 4.78 is 31.9. The van der Waals surface area contributed by atoms with E-state index < -0.39 is 11.6 Å². The van der Waals surface area contributed by atoms with Gasteiger partial charge in [-0.25, -0.2) is 8.78 Å². The Morgan fingerprint density at radius 2 is 2.00 bits per heavy atom. The van der Waals surface area contributed by atoms with Crippen LogP contribution < -0.4 is 4.74 Å². The molecule has 0 N–H and O–H groups in total. The van der Waals surface area contributed by atoms with Gasteiger partial charge in [-0.2, -0.15) is 0 Å². The molecule has 0 aromatic heterocycles. The summed E-state index contributed by atoms with van der Waals surface area (Å²) in [7, 11) is 0. The van der Waals surface area contributed by atoms with Gasteiger partial charge in [-0.15, -0.1) is 6.58 Å². The zero-order valence-electron chi connectivity index (χ0n) is 14.3. The highest BCUT2D eigenvalue weighted by Crippen LogP contribution is 2.38. The molecule has 136 valence electrons. The van der Waals surface area contributed by atoms with Gasteiger partial charge in [0.25, 0.3) is 5.91 Å². The number of nitrogens with zero attached hydrogens (tertiary/aromatic N) is 2. The monoisotopic (exact) mass is 350 g/mol. The van der Waals surface area contributed by atoms with Gasteiger partial charge in [-0.3, -0.25) is 9.69 Å². The summed E-state index contributed by atoms with van der Waals surface area (Å²) in [6, 6.07) is 2.97. The van der Waals surface area contributed by atoms with Crippen molar-refractivity contribution in [3.8, 4) is 5.75 Å². The van der Waals surface area contributed by atoms with Crippen molar-refractivity contribution < 1.29 is 18.3 Å². The van der Waals surface area contributed by atoms with Crippen molar-refractivity contribution in [2.24, 2.45) is 0 Å². The van der Waals surface area contributed by atoms with Crippen molar-refractivity contribution in [2.75, 3.05) is 32.8 Å². The molecule has 6 heteroatoms. The van der Waals surface area contributed by atoms with E-state index in [2.05, 4.69) is 11.5 Å². The average Bonchev–Trinajstić information content (AvgIpc) is 2.98. The second kappa shape index (κ2) is 7.52. The number of carbonyl (C=O) groups excluding carboxylic acids is 1. The first-order valence-corrected chi connectivity index (χ1v) is 8.76. The fourth-order valence-corrected chi connectivity index (χ4v) is 3.99. The van der Waals surface area contributed by atoms with Gasteiger partial charge < -0.3 is 9.64 Å². The zero-order valence-corrected chi connectivity index (χ0v) is 14.3. The number of hydrogen-bond donors (Lipinski definition) is 0. The SMILES string of the molecule is C=CCN1CCCC12CCN(C(=O)COc1cc(F)ccc1F)CC2. The molecular weight excluding hydrogens is 326 g/mol. The lowest BCUT2D eigenvalue weighted by atomic mass is 9.85. The number of halogens is 2. The molecular formula is C19H24F2N2O2. The Balaban J connectivity index is 1.53. The Bertz CT molecular complexity index is 642. The van der Waals surface area contributed by atoms with Gasteiger partial charge in [0, 0.05) is 31.2 Å². The third-order valence-electron chi connectivity index (χ3n) is 5.38. The lowest BCUT2D eigenvalue weighted by Gasteiger charge is -2.44. The molecule has 2 saturated heterocycles. The van der Waals surface area contributed by atoms with Gasteiger partial charge in [0.2, 0.25) is 0 Å². The van der Waals surface area contributed by atoms with Crippen molar-refractivity contribution in [1.29, 1.82) is 0 Å². The molecule has 0 saturated carbocycles. The van der Waals surface area contributed by atoms with Crippen molar-refractivity contribution in [1.82, 2.24) is 9.80 Å².